The molecule has 1 fully saturated rings. The average Bonchev–Trinajstić information content (AvgIpc) is 3.48. The Hall–Kier alpha value is -3.20. The molecule has 0 radical (unpaired) electrons. The third kappa shape index (κ3) is 3.17. The van der Waals surface area contributed by atoms with Crippen molar-refractivity contribution >= 4 is 33.5 Å². The van der Waals surface area contributed by atoms with Crippen molar-refractivity contribution in [3.05, 3.63) is 65.2 Å². The minimum atomic E-state index is -3.48. The summed E-state index contributed by atoms with van der Waals surface area (Å²) in [5.74, 6) is -2.40. The number of carbonyl (C=O) groups excluding carboxylic acids is 3. The first-order valence-corrected chi connectivity index (χ1v) is 9.73. The summed E-state index contributed by atoms with van der Waals surface area (Å²) in [6, 6.07) is 11.8. The summed E-state index contributed by atoms with van der Waals surface area (Å²) in [5.41, 5.74) is 0.517. The van der Waals surface area contributed by atoms with Gasteiger partial charge in [0.1, 0.15) is 0 Å². The van der Waals surface area contributed by atoms with Crippen LogP contribution in [0.2, 0.25) is 0 Å². The maximum absolute atomic E-state index is 12.4. The fourth-order valence-electron chi connectivity index (χ4n) is 2.72. The van der Waals surface area contributed by atoms with E-state index >= 15 is 0 Å². The van der Waals surface area contributed by atoms with Crippen LogP contribution in [0.1, 0.15) is 43.9 Å². The fraction of sp³-hybridized carbons (Fsp3) is 0.167. The number of nitrogens with one attached hydrogen (secondary N) is 1. The maximum Gasteiger partial charge on any atom is 0.364 e. The molecule has 1 aliphatic heterocycles. The number of hydroxylamine groups is 2. The Kier molecular flexibility index (Phi) is 3.96. The highest BCUT2D eigenvalue weighted by Crippen LogP contribution is 2.30. The summed E-state index contributed by atoms with van der Waals surface area (Å²) < 4.78 is 26.4. The number of nitrogens with zero attached hydrogens (tertiary/aromatic N) is 1. The van der Waals surface area contributed by atoms with E-state index in [4.69, 9.17) is 4.84 Å². The van der Waals surface area contributed by atoms with Gasteiger partial charge < -0.3 is 4.84 Å². The van der Waals surface area contributed by atoms with Crippen LogP contribution >= 0.6 is 0 Å². The zero-order valence-corrected chi connectivity index (χ0v) is 14.7. The predicted molar refractivity (Wildman–Crippen MR) is 94.4 cm³/mol. The Morgan fingerprint density at radius 2 is 1.63 bits per heavy atom. The van der Waals surface area contributed by atoms with Gasteiger partial charge in [0.25, 0.3) is 11.8 Å². The minimum absolute atomic E-state index is 0.00236. The molecule has 1 saturated carbocycles. The molecule has 9 heteroatoms. The molecule has 2 amide bonds. The standard InChI is InChI=1S/C18H14N2O6S/c21-16-14-6-1-2-7-15(14)17(22)20(16)26-18(23)11-4-3-5-12(10-11)19-27(24,25)13-8-9-13/h1-7,10,13,19H,8-9H2. The minimum Gasteiger partial charge on any atom is -0.324 e. The smallest absolute Gasteiger partial charge is 0.324 e. The van der Waals surface area contributed by atoms with Gasteiger partial charge in [-0.1, -0.05) is 23.3 Å². The number of sulfonamides is 1. The van der Waals surface area contributed by atoms with Gasteiger partial charge in [-0.15, -0.1) is 0 Å². The SMILES string of the molecule is O=C(ON1C(=O)c2ccccc2C1=O)c1cccc(NS(=O)(=O)C2CC2)c1. The zero-order valence-electron chi connectivity index (χ0n) is 13.9. The molecule has 27 heavy (non-hydrogen) atoms. The van der Waals surface area contributed by atoms with Gasteiger partial charge in [0.15, 0.2) is 0 Å². The van der Waals surface area contributed by atoms with Crippen molar-refractivity contribution in [3.8, 4) is 0 Å². The topological polar surface area (TPSA) is 110 Å². The van der Waals surface area contributed by atoms with E-state index in [0.29, 0.717) is 17.9 Å². The monoisotopic (exact) mass is 386 g/mol. The summed E-state index contributed by atoms with van der Waals surface area (Å²) in [4.78, 5) is 41.8. The largest absolute Gasteiger partial charge is 0.364 e. The van der Waals surface area contributed by atoms with E-state index in [-0.39, 0.29) is 22.4 Å². The van der Waals surface area contributed by atoms with Crippen molar-refractivity contribution in [2.75, 3.05) is 4.72 Å². The number of fused-ring (bicyclic) bond motifs is 1. The lowest BCUT2D eigenvalue weighted by Gasteiger charge is -2.13. The summed E-state index contributed by atoms with van der Waals surface area (Å²) in [7, 11) is -3.48. The summed E-state index contributed by atoms with van der Waals surface area (Å²) in [6.45, 7) is 0. The lowest BCUT2D eigenvalue weighted by atomic mass is 10.1. The van der Waals surface area contributed by atoms with Crippen LogP contribution in [-0.4, -0.2) is 36.5 Å². The van der Waals surface area contributed by atoms with Crippen molar-refractivity contribution in [1.29, 1.82) is 0 Å². The summed E-state index contributed by atoms with van der Waals surface area (Å²) in [5, 5.41) is 0.0000658. The van der Waals surface area contributed by atoms with Crippen LogP contribution in [0.3, 0.4) is 0 Å². The lowest BCUT2D eigenvalue weighted by molar-refractivity contribution is -0.0584. The average molecular weight is 386 g/mol. The molecule has 0 aromatic heterocycles. The molecule has 8 nitrogen and oxygen atoms in total. The van der Waals surface area contributed by atoms with Crippen LogP contribution in [0.15, 0.2) is 48.5 Å². The molecule has 2 aromatic rings. The number of hydrogen-bond donors (Lipinski definition) is 1. The quantitative estimate of drug-likeness (QED) is 0.787. The Morgan fingerprint density at radius 3 is 2.22 bits per heavy atom. The second-order valence-corrected chi connectivity index (χ2v) is 8.22. The molecule has 1 N–H and O–H groups in total. The first-order chi connectivity index (χ1) is 12.9. The van der Waals surface area contributed by atoms with Crippen molar-refractivity contribution in [3.63, 3.8) is 0 Å². The van der Waals surface area contributed by atoms with Gasteiger partial charge in [-0.2, -0.15) is 0 Å². The molecule has 4 rings (SSSR count). The molecule has 2 aromatic carbocycles. The fourth-order valence-corrected chi connectivity index (χ4v) is 4.10. The van der Waals surface area contributed by atoms with E-state index in [1.54, 1.807) is 12.1 Å². The number of rotatable bonds is 5. The van der Waals surface area contributed by atoms with Crippen molar-refractivity contribution < 1.29 is 27.6 Å². The van der Waals surface area contributed by atoms with Crippen LogP contribution in [0, 0.1) is 0 Å². The number of anilines is 1. The molecule has 138 valence electrons. The van der Waals surface area contributed by atoms with Gasteiger partial charge in [-0.3, -0.25) is 14.3 Å². The van der Waals surface area contributed by atoms with Gasteiger partial charge >= 0.3 is 5.97 Å². The zero-order chi connectivity index (χ0) is 19.2. The Morgan fingerprint density at radius 1 is 1.00 bits per heavy atom. The van der Waals surface area contributed by atoms with Crippen molar-refractivity contribution in [1.82, 2.24) is 5.06 Å². The lowest BCUT2D eigenvalue weighted by Crippen LogP contribution is -2.32. The Bertz CT molecular complexity index is 1040. The second kappa shape index (κ2) is 6.20. The molecular weight excluding hydrogens is 372 g/mol. The molecule has 0 saturated heterocycles. The number of hydrogen-bond acceptors (Lipinski definition) is 6. The molecule has 0 atom stereocenters. The van der Waals surface area contributed by atoms with Gasteiger partial charge in [-0.25, -0.2) is 13.2 Å². The normalized spacial score (nSPS) is 16.2. The van der Waals surface area contributed by atoms with Gasteiger partial charge in [0, 0.05) is 5.69 Å². The maximum atomic E-state index is 12.4. The second-order valence-electron chi connectivity index (χ2n) is 6.26. The predicted octanol–water partition coefficient (Wildman–Crippen LogP) is 1.96. The number of carbonyl (C=O) groups is 3. The highest BCUT2D eigenvalue weighted by atomic mass is 32.2. The molecule has 1 aliphatic carbocycles. The van der Waals surface area contributed by atoms with E-state index in [0.717, 1.165) is 0 Å². The van der Waals surface area contributed by atoms with Crippen LogP contribution in [0.25, 0.3) is 0 Å². The molecule has 2 aliphatic rings. The van der Waals surface area contributed by atoms with Gasteiger partial charge in [-0.05, 0) is 43.2 Å². The number of benzene rings is 2. The van der Waals surface area contributed by atoms with E-state index in [9.17, 15) is 22.8 Å². The van der Waals surface area contributed by atoms with Crippen molar-refractivity contribution in [2.24, 2.45) is 0 Å². The Labute approximate surface area is 154 Å². The van der Waals surface area contributed by atoms with Crippen LogP contribution in [0.4, 0.5) is 5.69 Å². The third-order valence-electron chi connectivity index (χ3n) is 4.25. The van der Waals surface area contributed by atoms with E-state index in [1.807, 2.05) is 0 Å². The molecular formula is C18H14N2O6S. The summed E-state index contributed by atoms with van der Waals surface area (Å²) in [6.07, 6.45) is 1.22. The van der Waals surface area contributed by atoms with Crippen LogP contribution < -0.4 is 4.72 Å². The molecule has 0 unspecified atom stereocenters. The number of imide groups is 1. The molecule has 1 heterocycles. The van der Waals surface area contributed by atoms with Crippen LogP contribution in [-0.2, 0) is 14.9 Å². The number of amides is 2. The third-order valence-corrected chi connectivity index (χ3v) is 6.12. The van der Waals surface area contributed by atoms with Crippen molar-refractivity contribution in [2.45, 2.75) is 18.1 Å². The highest BCUT2D eigenvalue weighted by Gasteiger charge is 2.39. The summed E-state index contributed by atoms with van der Waals surface area (Å²) >= 11 is 0. The first kappa shape index (κ1) is 17.2. The van der Waals surface area contributed by atoms with Gasteiger partial charge in [0.2, 0.25) is 10.0 Å². The van der Waals surface area contributed by atoms with Crippen LogP contribution in [0.5, 0.6) is 0 Å². The molecule has 0 spiro atoms. The van der Waals surface area contributed by atoms with E-state index < -0.39 is 33.1 Å². The first-order valence-electron chi connectivity index (χ1n) is 8.18. The van der Waals surface area contributed by atoms with E-state index in [2.05, 4.69) is 4.72 Å². The highest BCUT2D eigenvalue weighted by molar-refractivity contribution is 7.93. The van der Waals surface area contributed by atoms with Gasteiger partial charge in [0.05, 0.1) is 21.9 Å². The Balaban J connectivity index is 1.52. The molecule has 0 bridgehead atoms. The van der Waals surface area contributed by atoms with E-state index in [1.165, 1.54) is 36.4 Å².